The first-order valence-electron chi connectivity index (χ1n) is 10.7. The Hall–Kier alpha value is -1.40. The highest BCUT2D eigenvalue weighted by Gasteiger charge is 2.30. The van der Waals surface area contributed by atoms with E-state index >= 15 is 0 Å². The maximum absolute atomic E-state index is 13.1. The maximum atomic E-state index is 13.1. The van der Waals surface area contributed by atoms with Crippen LogP contribution in [-0.4, -0.2) is 49.2 Å². The Labute approximate surface area is 171 Å². The molecule has 6 heteroatoms. The summed E-state index contributed by atoms with van der Waals surface area (Å²) in [7, 11) is -1.93. The average molecular weight is 409 g/mol. The summed E-state index contributed by atoms with van der Waals surface area (Å²) in [6.07, 6.45) is 7.98. The molecular formula is C22H36N2O3S. The van der Waals surface area contributed by atoms with Crippen LogP contribution in [-0.2, 0) is 10.0 Å². The molecule has 0 aromatic heterocycles. The predicted octanol–water partition coefficient (Wildman–Crippen LogP) is 4.68. The van der Waals surface area contributed by atoms with Crippen molar-refractivity contribution in [2.45, 2.75) is 89.1 Å². The minimum absolute atomic E-state index is 0.0549. The van der Waals surface area contributed by atoms with Crippen LogP contribution in [0.3, 0.4) is 0 Å². The lowest BCUT2D eigenvalue weighted by Crippen LogP contribution is -2.39. The van der Waals surface area contributed by atoms with Crippen molar-refractivity contribution in [2.75, 3.05) is 13.6 Å². The van der Waals surface area contributed by atoms with E-state index < -0.39 is 10.0 Å². The second kappa shape index (κ2) is 10.4. The summed E-state index contributed by atoms with van der Waals surface area (Å²) in [4.78, 5) is 15.2. The normalized spacial score (nSPS) is 16.9. The Balaban J connectivity index is 2.27. The van der Waals surface area contributed by atoms with Crippen LogP contribution in [0, 0.1) is 0 Å². The zero-order valence-electron chi connectivity index (χ0n) is 17.9. The summed E-state index contributed by atoms with van der Waals surface area (Å²) >= 11 is 0. The second-order valence-corrected chi connectivity index (χ2v) is 9.95. The number of nitrogens with zero attached hydrogens (tertiary/aromatic N) is 2. The molecule has 1 aromatic rings. The van der Waals surface area contributed by atoms with E-state index in [0.717, 1.165) is 44.9 Å². The molecule has 0 radical (unpaired) electrons. The van der Waals surface area contributed by atoms with Gasteiger partial charge in [-0.15, -0.1) is 0 Å². The fraction of sp³-hybridized carbons (Fsp3) is 0.682. The molecule has 158 valence electrons. The van der Waals surface area contributed by atoms with Crippen LogP contribution >= 0.6 is 0 Å². The van der Waals surface area contributed by atoms with Gasteiger partial charge < -0.3 is 4.90 Å². The van der Waals surface area contributed by atoms with E-state index in [1.54, 1.807) is 31.3 Å². The molecule has 0 N–H and O–H groups in total. The van der Waals surface area contributed by atoms with Gasteiger partial charge in [-0.1, -0.05) is 45.6 Å². The van der Waals surface area contributed by atoms with Crippen LogP contribution in [0.25, 0.3) is 0 Å². The minimum atomic E-state index is -3.60. The lowest BCUT2D eigenvalue weighted by atomic mass is 9.96. The number of carbonyl (C=O) groups is 1. The Kier molecular flexibility index (Phi) is 8.50. The summed E-state index contributed by atoms with van der Waals surface area (Å²) in [5, 5.41) is 0. The molecule has 0 aliphatic heterocycles. The molecule has 1 fully saturated rings. The van der Waals surface area contributed by atoms with Gasteiger partial charge in [-0.05, 0) is 50.8 Å². The van der Waals surface area contributed by atoms with Crippen LogP contribution in [0.4, 0.5) is 0 Å². The molecule has 1 atom stereocenters. The topological polar surface area (TPSA) is 57.7 Å². The Bertz CT molecular complexity index is 742. The molecule has 28 heavy (non-hydrogen) atoms. The van der Waals surface area contributed by atoms with Crippen molar-refractivity contribution < 1.29 is 13.2 Å². The average Bonchev–Trinajstić information content (AvgIpc) is 2.73. The van der Waals surface area contributed by atoms with Gasteiger partial charge in [0.1, 0.15) is 0 Å². The van der Waals surface area contributed by atoms with Gasteiger partial charge in [-0.2, -0.15) is 4.31 Å². The third kappa shape index (κ3) is 5.35. The summed E-state index contributed by atoms with van der Waals surface area (Å²) in [5.74, 6) is -0.0832. The molecule has 1 aromatic carbocycles. The number of carbonyl (C=O) groups excluding carboxylic acids is 1. The summed E-state index contributed by atoms with van der Waals surface area (Å²) in [5.41, 5.74) is 0.453. The van der Waals surface area contributed by atoms with Gasteiger partial charge in [-0.3, -0.25) is 4.79 Å². The van der Waals surface area contributed by atoms with Gasteiger partial charge in [0, 0.05) is 31.2 Å². The third-order valence-electron chi connectivity index (χ3n) is 5.98. The first kappa shape index (κ1) is 22.9. The lowest BCUT2D eigenvalue weighted by molar-refractivity contribution is 0.0685. The molecule has 1 aliphatic rings. The molecule has 1 saturated carbocycles. The fourth-order valence-electron chi connectivity index (χ4n) is 3.83. The molecule has 1 aliphatic carbocycles. The van der Waals surface area contributed by atoms with Gasteiger partial charge in [0.15, 0.2) is 0 Å². The first-order valence-corrected chi connectivity index (χ1v) is 12.2. The first-order chi connectivity index (χ1) is 13.3. The van der Waals surface area contributed by atoms with Crippen LogP contribution in [0.2, 0.25) is 0 Å². The third-order valence-corrected chi connectivity index (χ3v) is 7.89. The summed E-state index contributed by atoms with van der Waals surface area (Å²) < 4.78 is 27.8. The van der Waals surface area contributed by atoms with E-state index in [4.69, 9.17) is 0 Å². The molecular weight excluding hydrogens is 372 g/mol. The van der Waals surface area contributed by atoms with Crippen molar-refractivity contribution in [3.8, 4) is 0 Å². The smallest absolute Gasteiger partial charge is 0.254 e. The zero-order valence-corrected chi connectivity index (χ0v) is 18.7. The van der Waals surface area contributed by atoms with Crippen molar-refractivity contribution in [3.05, 3.63) is 29.8 Å². The summed E-state index contributed by atoms with van der Waals surface area (Å²) in [6.45, 7) is 6.92. The highest BCUT2D eigenvalue weighted by molar-refractivity contribution is 7.89. The van der Waals surface area contributed by atoms with Crippen LogP contribution in [0.5, 0.6) is 0 Å². The minimum Gasteiger partial charge on any atom is -0.336 e. The lowest BCUT2D eigenvalue weighted by Gasteiger charge is -2.31. The van der Waals surface area contributed by atoms with Crippen molar-refractivity contribution in [2.24, 2.45) is 0 Å². The van der Waals surface area contributed by atoms with E-state index in [0.29, 0.717) is 12.1 Å². The quantitative estimate of drug-likeness (QED) is 0.596. The van der Waals surface area contributed by atoms with Crippen LogP contribution in [0.15, 0.2) is 29.2 Å². The molecule has 0 saturated heterocycles. The molecule has 2 rings (SSSR count). The Morgan fingerprint density at radius 1 is 1.18 bits per heavy atom. The van der Waals surface area contributed by atoms with Crippen molar-refractivity contribution in [1.29, 1.82) is 0 Å². The predicted molar refractivity (Wildman–Crippen MR) is 114 cm³/mol. The van der Waals surface area contributed by atoms with Gasteiger partial charge in [0.2, 0.25) is 10.0 Å². The van der Waals surface area contributed by atoms with Crippen molar-refractivity contribution >= 4 is 15.9 Å². The zero-order chi connectivity index (χ0) is 20.7. The monoisotopic (exact) mass is 408 g/mol. The fourth-order valence-corrected chi connectivity index (χ4v) is 5.30. The highest BCUT2D eigenvalue weighted by Crippen LogP contribution is 2.27. The molecule has 0 spiro atoms. The number of hydrogen-bond donors (Lipinski definition) is 0. The van der Waals surface area contributed by atoms with E-state index in [2.05, 4.69) is 13.8 Å². The maximum Gasteiger partial charge on any atom is 0.254 e. The number of rotatable bonds is 9. The van der Waals surface area contributed by atoms with Gasteiger partial charge in [0.05, 0.1) is 4.90 Å². The SMILES string of the molecule is CCCCN(C(=O)c1cccc(S(=O)(=O)N(C)C2CCCCC2)c1)C(C)CC. The molecule has 0 heterocycles. The van der Waals surface area contributed by atoms with Crippen LogP contribution < -0.4 is 0 Å². The van der Waals surface area contributed by atoms with E-state index in [1.807, 2.05) is 11.8 Å². The second-order valence-electron chi connectivity index (χ2n) is 7.95. The van der Waals surface area contributed by atoms with E-state index in [1.165, 1.54) is 10.7 Å². The Morgan fingerprint density at radius 3 is 2.46 bits per heavy atom. The van der Waals surface area contributed by atoms with Gasteiger partial charge in [0.25, 0.3) is 5.91 Å². The van der Waals surface area contributed by atoms with Gasteiger partial charge in [-0.25, -0.2) is 8.42 Å². The number of sulfonamides is 1. The number of unbranched alkanes of at least 4 members (excludes halogenated alkanes) is 1. The van der Waals surface area contributed by atoms with E-state index in [-0.39, 0.29) is 22.9 Å². The standard InChI is InChI=1S/C22H36N2O3S/c1-5-7-16-24(18(3)6-2)22(25)19-12-11-15-21(17-19)28(26,27)23(4)20-13-9-8-10-14-20/h11-12,15,17-18,20H,5-10,13-14,16H2,1-4H3. The Morgan fingerprint density at radius 2 is 1.86 bits per heavy atom. The molecule has 1 unspecified atom stereocenters. The number of hydrogen-bond acceptors (Lipinski definition) is 3. The van der Waals surface area contributed by atoms with Crippen molar-refractivity contribution in [3.63, 3.8) is 0 Å². The molecule has 0 bridgehead atoms. The van der Waals surface area contributed by atoms with Gasteiger partial charge >= 0.3 is 0 Å². The highest BCUT2D eigenvalue weighted by atomic mass is 32.2. The largest absolute Gasteiger partial charge is 0.336 e. The molecule has 5 nitrogen and oxygen atoms in total. The van der Waals surface area contributed by atoms with Crippen LogP contribution in [0.1, 0.15) is 82.5 Å². The summed E-state index contributed by atoms with van der Waals surface area (Å²) in [6, 6.07) is 6.75. The van der Waals surface area contributed by atoms with Crippen molar-refractivity contribution in [1.82, 2.24) is 9.21 Å². The number of benzene rings is 1. The number of amides is 1. The van der Waals surface area contributed by atoms with E-state index in [9.17, 15) is 13.2 Å². The molecule has 1 amide bonds.